The fraction of sp³-hybridized carbons (Fsp3) is 0.400. The standard InChI is InChI=1S/C10H11BrF3NO2S/c1-6(11)2-3-15-18(16,17)10-8(13)4-7(12)5-9(10)14/h4-6,15H,2-3H2,1H3. The van der Waals surface area contributed by atoms with Crippen LogP contribution in [0.25, 0.3) is 0 Å². The number of alkyl halides is 1. The average Bonchev–Trinajstić information content (AvgIpc) is 2.13. The highest BCUT2D eigenvalue weighted by molar-refractivity contribution is 9.09. The highest BCUT2D eigenvalue weighted by Gasteiger charge is 2.24. The summed E-state index contributed by atoms with van der Waals surface area (Å²) in [6.45, 7) is 1.82. The Morgan fingerprint density at radius 1 is 1.28 bits per heavy atom. The van der Waals surface area contributed by atoms with Crippen LogP contribution < -0.4 is 4.72 Å². The van der Waals surface area contributed by atoms with E-state index >= 15 is 0 Å². The van der Waals surface area contributed by atoms with Gasteiger partial charge in [0.15, 0.2) is 4.90 Å². The third-order valence-electron chi connectivity index (χ3n) is 2.07. The lowest BCUT2D eigenvalue weighted by molar-refractivity contribution is 0.493. The third kappa shape index (κ3) is 3.96. The van der Waals surface area contributed by atoms with Crippen molar-refractivity contribution < 1.29 is 21.6 Å². The Bertz CT molecular complexity index is 511. The van der Waals surface area contributed by atoms with Gasteiger partial charge in [0.1, 0.15) is 17.5 Å². The normalized spacial score (nSPS) is 13.6. The summed E-state index contributed by atoms with van der Waals surface area (Å²) in [6.07, 6.45) is 0.448. The molecule has 0 aliphatic carbocycles. The molecule has 0 saturated carbocycles. The highest BCUT2D eigenvalue weighted by atomic mass is 79.9. The smallest absolute Gasteiger partial charge is 0.211 e. The van der Waals surface area contributed by atoms with Crippen molar-refractivity contribution in [3.63, 3.8) is 0 Å². The molecule has 1 aromatic carbocycles. The maximum Gasteiger partial charge on any atom is 0.246 e. The zero-order valence-electron chi connectivity index (χ0n) is 9.38. The van der Waals surface area contributed by atoms with Gasteiger partial charge in [-0.15, -0.1) is 0 Å². The Labute approximate surface area is 112 Å². The van der Waals surface area contributed by atoms with E-state index in [4.69, 9.17) is 0 Å². The Morgan fingerprint density at radius 2 is 1.78 bits per heavy atom. The van der Waals surface area contributed by atoms with Gasteiger partial charge in [-0.3, -0.25) is 0 Å². The SMILES string of the molecule is CC(Br)CCNS(=O)(=O)c1c(F)cc(F)cc1F. The molecule has 1 aromatic rings. The van der Waals surface area contributed by atoms with Crippen LogP contribution in [0.2, 0.25) is 0 Å². The molecule has 0 heterocycles. The second kappa shape index (κ2) is 6.03. The quantitative estimate of drug-likeness (QED) is 0.833. The summed E-state index contributed by atoms with van der Waals surface area (Å²) in [5.41, 5.74) is 0. The first-order valence-corrected chi connectivity index (χ1v) is 7.42. The molecule has 3 nitrogen and oxygen atoms in total. The maximum absolute atomic E-state index is 13.3. The van der Waals surface area contributed by atoms with Crippen LogP contribution in [0.1, 0.15) is 13.3 Å². The minimum atomic E-state index is -4.32. The minimum absolute atomic E-state index is 0.0189. The Kier molecular flexibility index (Phi) is 5.18. The van der Waals surface area contributed by atoms with Crippen LogP contribution in [-0.4, -0.2) is 19.8 Å². The molecule has 0 aliphatic heterocycles. The van der Waals surface area contributed by atoms with E-state index < -0.39 is 32.4 Å². The topological polar surface area (TPSA) is 46.2 Å². The molecule has 102 valence electrons. The Hall–Kier alpha value is -0.600. The summed E-state index contributed by atoms with van der Waals surface area (Å²) in [6, 6.07) is 0.648. The summed E-state index contributed by atoms with van der Waals surface area (Å²) >= 11 is 3.20. The van der Waals surface area contributed by atoms with Gasteiger partial charge >= 0.3 is 0 Å². The van der Waals surface area contributed by atoms with Crippen LogP contribution in [-0.2, 0) is 10.0 Å². The number of benzene rings is 1. The first-order chi connectivity index (χ1) is 8.24. The summed E-state index contributed by atoms with van der Waals surface area (Å²) in [5, 5.41) is 0. The molecule has 0 bridgehead atoms. The van der Waals surface area contributed by atoms with Crippen molar-refractivity contribution in [2.24, 2.45) is 0 Å². The molecule has 1 rings (SSSR count). The van der Waals surface area contributed by atoms with Crippen molar-refractivity contribution >= 4 is 26.0 Å². The van der Waals surface area contributed by atoms with E-state index in [9.17, 15) is 21.6 Å². The number of hydrogen-bond acceptors (Lipinski definition) is 2. The molecule has 18 heavy (non-hydrogen) atoms. The van der Waals surface area contributed by atoms with Crippen LogP contribution in [0.15, 0.2) is 17.0 Å². The minimum Gasteiger partial charge on any atom is -0.211 e. The van der Waals surface area contributed by atoms with E-state index in [1.54, 1.807) is 6.92 Å². The third-order valence-corrected chi connectivity index (χ3v) is 4.04. The van der Waals surface area contributed by atoms with Crippen LogP contribution in [0, 0.1) is 17.5 Å². The van der Waals surface area contributed by atoms with Crippen LogP contribution in [0.4, 0.5) is 13.2 Å². The Balaban J connectivity index is 2.99. The molecule has 0 aromatic heterocycles. The van der Waals surface area contributed by atoms with Gasteiger partial charge < -0.3 is 0 Å². The molecule has 0 spiro atoms. The number of hydrogen-bond donors (Lipinski definition) is 1. The van der Waals surface area contributed by atoms with E-state index in [-0.39, 0.29) is 11.4 Å². The molecular formula is C10H11BrF3NO2S. The van der Waals surface area contributed by atoms with Gasteiger partial charge in [-0.25, -0.2) is 26.3 Å². The molecular weight excluding hydrogens is 335 g/mol. The first kappa shape index (κ1) is 15.5. The van der Waals surface area contributed by atoms with E-state index in [1.165, 1.54) is 0 Å². The van der Waals surface area contributed by atoms with Gasteiger partial charge in [-0.05, 0) is 6.42 Å². The molecule has 1 unspecified atom stereocenters. The zero-order chi connectivity index (χ0) is 13.9. The fourth-order valence-electron chi connectivity index (χ4n) is 1.25. The molecule has 8 heteroatoms. The van der Waals surface area contributed by atoms with E-state index in [0.29, 0.717) is 18.6 Å². The van der Waals surface area contributed by atoms with Crippen LogP contribution in [0.5, 0.6) is 0 Å². The van der Waals surface area contributed by atoms with Crippen molar-refractivity contribution in [2.75, 3.05) is 6.54 Å². The molecule has 0 radical (unpaired) electrons. The molecule has 0 saturated heterocycles. The molecule has 0 fully saturated rings. The molecule has 1 atom stereocenters. The maximum atomic E-state index is 13.3. The summed E-state index contributed by atoms with van der Waals surface area (Å²) in [5.74, 6) is -4.07. The molecule has 0 aliphatic rings. The lowest BCUT2D eigenvalue weighted by Crippen LogP contribution is -2.27. The van der Waals surface area contributed by atoms with Crippen molar-refractivity contribution in [1.82, 2.24) is 4.72 Å². The van der Waals surface area contributed by atoms with Crippen LogP contribution >= 0.6 is 15.9 Å². The van der Waals surface area contributed by atoms with Gasteiger partial charge in [-0.1, -0.05) is 22.9 Å². The summed E-state index contributed by atoms with van der Waals surface area (Å²) < 4.78 is 64.5. The summed E-state index contributed by atoms with van der Waals surface area (Å²) in [7, 11) is -4.32. The number of sulfonamides is 1. The van der Waals surface area contributed by atoms with Crippen molar-refractivity contribution in [3.05, 3.63) is 29.6 Å². The molecule has 1 N–H and O–H groups in total. The van der Waals surface area contributed by atoms with Gasteiger partial charge in [0.2, 0.25) is 10.0 Å². The van der Waals surface area contributed by atoms with Gasteiger partial charge in [0.25, 0.3) is 0 Å². The van der Waals surface area contributed by atoms with Gasteiger partial charge in [0.05, 0.1) is 0 Å². The van der Waals surface area contributed by atoms with E-state index in [0.717, 1.165) is 0 Å². The lowest BCUT2D eigenvalue weighted by Gasteiger charge is -2.09. The number of rotatable bonds is 5. The van der Waals surface area contributed by atoms with E-state index in [2.05, 4.69) is 15.9 Å². The second-order valence-electron chi connectivity index (χ2n) is 3.67. The largest absolute Gasteiger partial charge is 0.246 e. The number of halogens is 4. The van der Waals surface area contributed by atoms with Gasteiger partial charge in [0, 0.05) is 23.5 Å². The fourth-order valence-corrected chi connectivity index (χ4v) is 2.64. The lowest BCUT2D eigenvalue weighted by atomic mass is 10.3. The predicted molar refractivity (Wildman–Crippen MR) is 64.5 cm³/mol. The first-order valence-electron chi connectivity index (χ1n) is 5.02. The van der Waals surface area contributed by atoms with Gasteiger partial charge in [-0.2, -0.15) is 0 Å². The summed E-state index contributed by atoms with van der Waals surface area (Å²) in [4.78, 5) is -1.10. The second-order valence-corrected chi connectivity index (χ2v) is 6.93. The van der Waals surface area contributed by atoms with Crippen molar-refractivity contribution in [1.29, 1.82) is 0 Å². The average molecular weight is 346 g/mol. The highest BCUT2D eigenvalue weighted by Crippen LogP contribution is 2.20. The van der Waals surface area contributed by atoms with E-state index in [1.807, 2.05) is 4.72 Å². The molecule has 0 amide bonds. The van der Waals surface area contributed by atoms with Crippen molar-refractivity contribution in [3.8, 4) is 0 Å². The van der Waals surface area contributed by atoms with Crippen molar-refractivity contribution in [2.45, 2.75) is 23.1 Å². The zero-order valence-corrected chi connectivity index (χ0v) is 11.8. The van der Waals surface area contributed by atoms with Crippen LogP contribution in [0.3, 0.4) is 0 Å². The monoisotopic (exact) mass is 345 g/mol. The Morgan fingerprint density at radius 3 is 2.22 bits per heavy atom. The number of nitrogens with one attached hydrogen (secondary N) is 1. The predicted octanol–water partition coefficient (Wildman–Crippen LogP) is 2.56.